The molecule has 4 rings (SSSR count). The molecule has 0 radical (unpaired) electrons. The number of aromatic nitrogens is 1. The molecule has 2 heterocycles. The molecule has 1 N–H and O–H groups in total. The first-order valence-electron chi connectivity index (χ1n) is 8.42. The van der Waals surface area contributed by atoms with Gasteiger partial charge in [0.05, 0.1) is 16.3 Å². The van der Waals surface area contributed by atoms with Gasteiger partial charge in [0, 0.05) is 29.3 Å². The first-order valence-corrected chi connectivity index (χ1v) is 10.5. The fourth-order valence-electron chi connectivity index (χ4n) is 2.95. The highest BCUT2D eigenvalue weighted by molar-refractivity contribution is 7.99. The van der Waals surface area contributed by atoms with Crippen LogP contribution in [0.5, 0.6) is 0 Å². The highest BCUT2D eigenvalue weighted by atomic mass is 32.2. The van der Waals surface area contributed by atoms with Gasteiger partial charge in [-0.3, -0.25) is 4.79 Å². The minimum atomic E-state index is -0.557. The Hall–Kier alpha value is -2.19. The van der Waals surface area contributed by atoms with E-state index in [1.165, 1.54) is 30.0 Å². The van der Waals surface area contributed by atoms with Gasteiger partial charge in [-0.25, -0.2) is 8.78 Å². The fraction of sp³-hybridized carbons (Fsp3) is 0.263. The van der Waals surface area contributed by atoms with Crippen molar-refractivity contribution in [3.8, 4) is 10.6 Å². The number of halogens is 2. The molecule has 0 saturated heterocycles. The molecule has 0 bridgehead atoms. The molecule has 1 aliphatic rings. The Kier molecular flexibility index (Phi) is 5.27. The van der Waals surface area contributed by atoms with E-state index >= 15 is 0 Å². The van der Waals surface area contributed by atoms with Gasteiger partial charge in [0.2, 0.25) is 5.91 Å². The smallest absolute Gasteiger partial charge is 0.230 e. The first-order chi connectivity index (χ1) is 13.1. The summed E-state index contributed by atoms with van der Waals surface area (Å²) in [6, 6.07) is 9.40. The Morgan fingerprint density at radius 3 is 2.85 bits per heavy atom. The molecule has 1 amide bonds. The van der Waals surface area contributed by atoms with E-state index in [-0.39, 0.29) is 29.2 Å². The molecule has 2 unspecified atom stereocenters. The summed E-state index contributed by atoms with van der Waals surface area (Å²) in [7, 11) is 0. The molecule has 1 aliphatic carbocycles. The van der Waals surface area contributed by atoms with Crippen LogP contribution in [0.1, 0.15) is 23.6 Å². The summed E-state index contributed by atoms with van der Waals surface area (Å²) in [6.45, 7) is 0. The van der Waals surface area contributed by atoms with Crippen LogP contribution < -0.4 is 5.32 Å². The third kappa shape index (κ3) is 4.22. The number of carbonyl (C=O) groups is 1. The van der Waals surface area contributed by atoms with E-state index in [0.717, 1.165) is 16.3 Å². The van der Waals surface area contributed by atoms with E-state index in [4.69, 9.17) is 4.52 Å². The van der Waals surface area contributed by atoms with Gasteiger partial charge in [-0.1, -0.05) is 17.3 Å². The molecule has 1 fully saturated rings. The zero-order valence-corrected chi connectivity index (χ0v) is 15.8. The second-order valence-electron chi connectivity index (χ2n) is 6.30. The van der Waals surface area contributed by atoms with Crippen molar-refractivity contribution in [1.82, 2.24) is 10.5 Å². The molecule has 1 saturated carbocycles. The molecule has 8 heteroatoms. The Morgan fingerprint density at radius 2 is 2.11 bits per heavy atom. The summed E-state index contributed by atoms with van der Waals surface area (Å²) in [4.78, 5) is 13.1. The van der Waals surface area contributed by atoms with Crippen molar-refractivity contribution in [2.45, 2.75) is 24.1 Å². The highest BCUT2D eigenvalue weighted by Crippen LogP contribution is 2.43. The maximum absolute atomic E-state index is 13.8. The number of nitrogens with one attached hydrogen (secondary N) is 1. The van der Waals surface area contributed by atoms with Crippen molar-refractivity contribution in [2.75, 3.05) is 5.75 Å². The van der Waals surface area contributed by atoms with Gasteiger partial charge in [0.15, 0.2) is 5.76 Å². The predicted molar refractivity (Wildman–Crippen MR) is 102 cm³/mol. The highest BCUT2D eigenvalue weighted by Gasteiger charge is 2.42. The van der Waals surface area contributed by atoms with E-state index in [2.05, 4.69) is 10.5 Å². The van der Waals surface area contributed by atoms with Crippen LogP contribution in [-0.2, 0) is 10.5 Å². The molecule has 2 aromatic heterocycles. The van der Waals surface area contributed by atoms with Crippen LogP contribution in [0.4, 0.5) is 8.78 Å². The zero-order valence-electron chi connectivity index (χ0n) is 14.2. The quantitative estimate of drug-likeness (QED) is 0.624. The third-order valence-electron chi connectivity index (χ3n) is 4.31. The van der Waals surface area contributed by atoms with Crippen LogP contribution in [0.25, 0.3) is 10.6 Å². The van der Waals surface area contributed by atoms with Gasteiger partial charge in [0.1, 0.15) is 11.6 Å². The monoisotopic (exact) mass is 406 g/mol. The molecule has 0 spiro atoms. The summed E-state index contributed by atoms with van der Waals surface area (Å²) >= 11 is 2.99. The van der Waals surface area contributed by atoms with Crippen molar-refractivity contribution in [2.24, 2.45) is 0 Å². The number of hydrogen-bond acceptors (Lipinski definition) is 5. The predicted octanol–water partition coefficient (Wildman–Crippen LogP) is 4.59. The summed E-state index contributed by atoms with van der Waals surface area (Å²) < 4.78 is 32.9. The summed E-state index contributed by atoms with van der Waals surface area (Å²) in [5, 5.41) is 8.81. The van der Waals surface area contributed by atoms with Crippen LogP contribution >= 0.6 is 23.1 Å². The van der Waals surface area contributed by atoms with Crippen molar-refractivity contribution in [3.63, 3.8) is 0 Å². The summed E-state index contributed by atoms with van der Waals surface area (Å²) in [5.41, 5.74) is 0.841. The number of carbonyl (C=O) groups excluding carboxylic acids is 1. The zero-order chi connectivity index (χ0) is 18.8. The lowest BCUT2D eigenvalue weighted by molar-refractivity contribution is -0.118. The molecular weight excluding hydrogens is 390 g/mol. The van der Waals surface area contributed by atoms with Crippen LogP contribution in [0.3, 0.4) is 0 Å². The normalized spacial score (nSPS) is 18.4. The van der Waals surface area contributed by atoms with Crippen molar-refractivity contribution < 1.29 is 18.1 Å². The van der Waals surface area contributed by atoms with Crippen molar-refractivity contribution in [3.05, 3.63) is 64.7 Å². The van der Waals surface area contributed by atoms with Gasteiger partial charge in [0.25, 0.3) is 0 Å². The van der Waals surface area contributed by atoms with E-state index in [1.807, 2.05) is 23.6 Å². The molecule has 140 valence electrons. The van der Waals surface area contributed by atoms with Crippen LogP contribution in [0, 0.1) is 11.6 Å². The molecule has 1 aromatic carbocycles. The second kappa shape index (κ2) is 7.82. The maximum Gasteiger partial charge on any atom is 0.230 e. The number of rotatable bonds is 7. The number of thiophene rings is 1. The van der Waals surface area contributed by atoms with Crippen LogP contribution in [-0.4, -0.2) is 22.9 Å². The summed E-state index contributed by atoms with van der Waals surface area (Å²) in [6.07, 6.45) is 0.557. The lowest BCUT2D eigenvalue weighted by Gasteiger charge is -2.06. The Balaban J connectivity index is 1.23. The van der Waals surface area contributed by atoms with E-state index < -0.39 is 11.6 Å². The fourth-order valence-corrected chi connectivity index (χ4v) is 4.34. The SMILES string of the molecule is O=C(CSCc1cc(-c2cccs2)on1)NC1CC1c1c(F)cccc1F. The average molecular weight is 406 g/mol. The number of amides is 1. The van der Waals surface area contributed by atoms with Gasteiger partial charge < -0.3 is 9.84 Å². The van der Waals surface area contributed by atoms with Crippen molar-refractivity contribution in [1.29, 1.82) is 0 Å². The lowest BCUT2D eigenvalue weighted by Crippen LogP contribution is -2.28. The molecule has 4 nitrogen and oxygen atoms in total. The summed E-state index contributed by atoms with van der Waals surface area (Å²) in [5.74, 6) is -0.0202. The number of thioether (sulfide) groups is 1. The Labute approximate surface area is 163 Å². The van der Waals surface area contributed by atoms with E-state index in [9.17, 15) is 13.6 Å². The van der Waals surface area contributed by atoms with Gasteiger partial charge in [-0.15, -0.1) is 23.1 Å². The number of benzene rings is 1. The first kappa shape index (κ1) is 18.2. The largest absolute Gasteiger partial charge is 0.355 e. The lowest BCUT2D eigenvalue weighted by atomic mass is 10.1. The maximum atomic E-state index is 13.8. The standard InChI is InChI=1S/C19H16F2N2O2S2/c20-13-3-1-4-14(21)19(13)12-8-15(12)22-18(24)10-26-9-11-7-16(25-23-11)17-5-2-6-27-17/h1-7,12,15H,8-10H2,(H,22,24). The molecule has 0 aliphatic heterocycles. The minimum Gasteiger partial charge on any atom is -0.355 e. The van der Waals surface area contributed by atoms with E-state index in [0.29, 0.717) is 12.2 Å². The topological polar surface area (TPSA) is 55.1 Å². The minimum absolute atomic E-state index is 0.0687. The molecule has 27 heavy (non-hydrogen) atoms. The van der Waals surface area contributed by atoms with Gasteiger partial charge in [-0.05, 0) is 30.0 Å². The molecular formula is C19H16F2N2O2S2. The van der Waals surface area contributed by atoms with Gasteiger partial charge in [-0.2, -0.15) is 0 Å². The Morgan fingerprint density at radius 1 is 1.30 bits per heavy atom. The van der Waals surface area contributed by atoms with Crippen molar-refractivity contribution >= 4 is 29.0 Å². The number of nitrogens with zero attached hydrogens (tertiary/aromatic N) is 1. The number of hydrogen-bond donors (Lipinski definition) is 1. The molecule has 3 aromatic rings. The Bertz CT molecular complexity index is 923. The van der Waals surface area contributed by atoms with Crippen LogP contribution in [0.15, 0.2) is 46.3 Å². The average Bonchev–Trinajstić information content (AvgIpc) is 3.05. The molecule has 2 atom stereocenters. The third-order valence-corrected chi connectivity index (χ3v) is 6.16. The second-order valence-corrected chi connectivity index (χ2v) is 8.24. The van der Waals surface area contributed by atoms with E-state index in [1.54, 1.807) is 11.3 Å². The van der Waals surface area contributed by atoms with Gasteiger partial charge >= 0.3 is 0 Å². The van der Waals surface area contributed by atoms with Crippen LogP contribution in [0.2, 0.25) is 0 Å².